The van der Waals surface area contributed by atoms with Crippen LogP contribution >= 0.6 is 0 Å². The number of allylic oxidation sites excluding steroid dienone is 1. The maximum absolute atomic E-state index is 11.5. The summed E-state index contributed by atoms with van der Waals surface area (Å²) in [5.74, 6) is -1.59. The van der Waals surface area contributed by atoms with Crippen molar-refractivity contribution in [2.45, 2.75) is 51.6 Å². The maximum atomic E-state index is 11.5. The summed E-state index contributed by atoms with van der Waals surface area (Å²) in [5.41, 5.74) is 0. The lowest BCUT2D eigenvalue weighted by molar-refractivity contribution is -0.145. The number of nitrogens with one attached hydrogen (secondary N) is 2. The first-order valence-electron chi connectivity index (χ1n) is 7.66. The van der Waals surface area contributed by atoms with E-state index in [1.165, 1.54) is 28.1 Å². The van der Waals surface area contributed by atoms with Crippen LogP contribution in [0.15, 0.2) is 12.2 Å². The highest BCUT2D eigenvalue weighted by atomic mass is 16.5. The second kappa shape index (κ2) is 12.1. The molecule has 8 nitrogen and oxygen atoms in total. The van der Waals surface area contributed by atoms with Crippen molar-refractivity contribution in [2.75, 3.05) is 14.2 Å². The second-order valence-electron chi connectivity index (χ2n) is 5.19. The van der Waals surface area contributed by atoms with Gasteiger partial charge in [0.2, 0.25) is 11.8 Å². The van der Waals surface area contributed by atoms with Gasteiger partial charge in [-0.25, -0.2) is 9.59 Å². The number of unbranched alkanes of at least 4 members (excludes halogenated alkanes) is 1. The number of methoxy groups -OCH3 is 2. The Hall–Kier alpha value is -2.38. The zero-order valence-electron chi connectivity index (χ0n) is 14.6. The van der Waals surface area contributed by atoms with Gasteiger partial charge in [0.15, 0.2) is 0 Å². The first-order valence-corrected chi connectivity index (χ1v) is 7.66. The summed E-state index contributed by atoms with van der Waals surface area (Å²) in [7, 11) is 2.53. The summed E-state index contributed by atoms with van der Waals surface area (Å²) in [5, 5.41) is 5.05. The number of amides is 2. The number of rotatable bonds is 10. The summed E-state index contributed by atoms with van der Waals surface area (Å²) < 4.78 is 9.25. The third kappa shape index (κ3) is 9.60. The smallest absolute Gasteiger partial charge is 0.328 e. The molecule has 136 valence electrons. The minimum Gasteiger partial charge on any atom is -0.467 e. The third-order valence-corrected chi connectivity index (χ3v) is 3.13. The SMILES string of the molecule is COC(=O)[C@H](C/C=C/CCC[C@H](NC(C)=O)C(=O)OC)NC(C)=O. The molecule has 0 radical (unpaired) electrons. The average Bonchev–Trinajstić information content (AvgIpc) is 2.53. The Balaban J connectivity index is 4.29. The highest BCUT2D eigenvalue weighted by Gasteiger charge is 2.19. The fraction of sp³-hybridized carbons (Fsp3) is 0.625. The fourth-order valence-electron chi connectivity index (χ4n) is 2.03. The third-order valence-electron chi connectivity index (χ3n) is 3.13. The van der Waals surface area contributed by atoms with Gasteiger partial charge in [-0.15, -0.1) is 0 Å². The normalized spacial score (nSPS) is 13.0. The minimum atomic E-state index is -0.717. The topological polar surface area (TPSA) is 111 Å². The van der Waals surface area contributed by atoms with Crippen LogP contribution in [-0.2, 0) is 28.7 Å². The van der Waals surface area contributed by atoms with Crippen molar-refractivity contribution in [1.29, 1.82) is 0 Å². The van der Waals surface area contributed by atoms with Crippen molar-refractivity contribution < 1.29 is 28.7 Å². The zero-order valence-corrected chi connectivity index (χ0v) is 14.6. The Labute approximate surface area is 141 Å². The molecule has 8 heteroatoms. The van der Waals surface area contributed by atoms with E-state index in [0.29, 0.717) is 25.7 Å². The lowest BCUT2D eigenvalue weighted by Gasteiger charge is -2.14. The van der Waals surface area contributed by atoms with E-state index >= 15 is 0 Å². The van der Waals surface area contributed by atoms with Crippen LogP contribution in [0.2, 0.25) is 0 Å². The van der Waals surface area contributed by atoms with Gasteiger partial charge in [0.1, 0.15) is 12.1 Å². The van der Waals surface area contributed by atoms with Crippen LogP contribution in [0, 0.1) is 0 Å². The molecule has 0 aromatic rings. The average molecular weight is 342 g/mol. The Kier molecular flexibility index (Phi) is 10.9. The van der Waals surface area contributed by atoms with E-state index < -0.39 is 24.0 Å². The lowest BCUT2D eigenvalue weighted by atomic mass is 10.1. The Bertz CT molecular complexity index is 475. The minimum absolute atomic E-state index is 0.294. The van der Waals surface area contributed by atoms with Gasteiger partial charge >= 0.3 is 11.9 Å². The molecule has 0 aliphatic carbocycles. The van der Waals surface area contributed by atoms with Gasteiger partial charge in [-0.3, -0.25) is 9.59 Å². The van der Waals surface area contributed by atoms with Gasteiger partial charge < -0.3 is 20.1 Å². The molecule has 0 saturated carbocycles. The molecule has 0 bridgehead atoms. The fourth-order valence-corrected chi connectivity index (χ4v) is 2.03. The molecule has 0 aliphatic rings. The molecule has 2 atom stereocenters. The van der Waals surface area contributed by atoms with E-state index in [9.17, 15) is 19.2 Å². The summed E-state index contributed by atoms with van der Waals surface area (Å²) in [6.07, 6.45) is 5.69. The molecule has 2 amide bonds. The van der Waals surface area contributed by atoms with Crippen LogP contribution in [-0.4, -0.2) is 50.1 Å². The van der Waals surface area contributed by atoms with Gasteiger partial charge in [-0.05, 0) is 25.7 Å². The van der Waals surface area contributed by atoms with Gasteiger partial charge in [0, 0.05) is 13.8 Å². The predicted octanol–water partition coefficient (Wildman–Crippen LogP) is 0.458. The number of carbonyl (C=O) groups is 4. The lowest BCUT2D eigenvalue weighted by Crippen LogP contribution is -2.40. The van der Waals surface area contributed by atoms with Crippen LogP contribution in [0.1, 0.15) is 39.5 Å². The van der Waals surface area contributed by atoms with Crippen molar-refractivity contribution in [3.63, 3.8) is 0 Å². The largest absolute Gasteiger partial charge is 0.467 e. The van der Waals surface area contributed by atoms with E-state index in [0.717, 1.165) is 0 Å². The monoisotopic (exact) mass is 342 g/mol. The van der Waals surface area contributed by atoms with Crippen LogP contribution in [0.25, 0.3) is 0 Å². The number of hydrogen-bond acceptors (Lipinski definition) is 6. The van der Waals surface area contributed by atoms with Crippen molar-refractivity contribution >= 4 is 23.8 Å². The molecule has 0 saturated heterocycles. The molecular weight excluding hydrogens is 316 g/mol. The first kappa shape index (κ1) is 21.6. The number of esters is 2. The van der Waals surface area contributed by atoms with Crippen molar-refractivity contribution in [3.05, 3.63) is 12.2 Å². The molecule has 0 aromatic heterocycles. The van der Waals surface area contributed by atoms with E-state index in [1.807, 2.05) is 6.08 Å². The van der Waals surface area contributed by atoms with Crippen molar-refractivity contribution in [2.24, 2.45) is 0 Å². The summed E-state index contributed by atoms with van der Waals surface area (Å²) >= 11 is 0. The molecular formula is C16H26N2O6. The number of hydrogen-bond donors (Lipinski definition) is 2. The summed E-state index contributed by atoms with van der Waals surface area (Å²) in [4.78, 5) is 45.1. The molecule has 0 heterocycles. The molecule has 0 rings (SSSR count). The molecule has 2 N–H and O–H groups in total. The standard InChI is InChI=1S/C16H26N2O6/c1-11(19)17-13(15(21)23-3)9-7-5-6-8-10-14(16(22)24-4)18-12(2)20/h5,7,13-14H,6,8-10H2,1-4H3,(H,17,19)(H,18,20)/b7-5+/t13-,14-/m0/s1. The molecule has 24 heavy (non-hydrogen) atoms. The van der Waals surface area contributed by atoms with E-state index in [2.05, 4.69) is 20.1 Å². The molecule has 0 unspecified atom stereocenters. The number of carbonyl (C=O) groups excluding carboxylic acids is 4. The van der Waals surface area contributed by atoms with E-state index in [1.54, 1.807) is 6.08 Å². The van der Waals surface area contributed by atoms with Crippen LogP contribution in [0.3, 0.4) is 0 Å². The van der Waals surface area contributed by atoms with Crippen LogP contribution in [0.5, 0.6) is 0 Å². The maximum Gasteiger partial charge on any atom is 0.328 e. The predicted molar refractivity (Wildman–Crippen MR) is 86.8 cm³/mol. The number of ether oxygens (including phenoxy) is 2. The van der Waals surface area contributed by atoms with Gasteiger partial charge in [0.05, 0.1) is 14.2 Å². The Morgan fingerprint density at radius 2 is 1.38 bits per heavy atom. The second-order valence-corrected chi connectivity index (χ2v) is 5.19. The zero-order chi connectivity index (χ0) is 18.5. The summed E-state index contributed by atoms with van der Waals surface area (Å²) in [6.45, 7) is 2.67. The molecule has 0 aliphatic heterocycles. The quantitative estimate of drug-likeness (QED) is 0.339. The highest BCUT2D eigenvalue weighted by molar-refractivity contribution is 5.83. The van der Waals surface area contributed by atoms with Gasteiger partial charge in [-0.1, -0.05) is 12.2 Å². The molecule has 0 spiro atoms. The van der Waals surface area contributed by atoms with Crippen molar-refractivity contribution in [3.8, 4) is 0 Å². The van der Waals surface area contributed by atoms with Crippen LogP contribution in [0.4, 0.5) is 0 Å². The molecule has 0 fully saturated rings. The first-order chi connectivity index (χ1) is 11.3. The van der Waals surface area contributed by atoms with Crippen LogP contribution < -0.4 is 10.6 Å². The van der Waals surface area contributed by atoms with Crippen molar-refractivity contribution in [1.82, 2.24) is 10.6 Å². The van der Waals surface area contributed by atoms with Gasteiger partial charge in [0.25, 0.3) is 0 Å². The van der Waals surface area contributed by atoms with Gasteiger partial charge in [-0.2, -0.15) is 0 Å². The summed E-state index contributed by atoms with van der Waals surface area (Å²) in [6, 6.07) is -1.38. The Morgan fingerprint density at radius 1 is 0.875 bits per heavy atom. The molecule has 0 aromatic carbocycles. The Morgan fingerprint density at radius 3 is 1.88 bits per heavy atom. The van der Waals surface area contributed by atoms with E-state index in [4.69, 9.17) is 0 Å². The van der Waals surface area contributed by atoms with E-state index in [-0.39, 0.29) is 11.8 Å². The highest BCUT2D eigenvalue weighted by Crippen LogP contribution is 2.05.